The summed E-state index contributed by atoms with van der Waals surface area (Å²) in [4.78, 5) is 12.8. The molecule has 0 spiro atoms. The molecule has 0 aliphatic rings. The van der Waals surface area contributed by atoms with Gasteiger partial charge in [0.2, 0.25) is 0 Å². The van der Waals surface area contributed by atoms with Crippen LogP contribution >= 0.6 is 0 Å². The molecule has 3 rings (SSSR count). The van der Waals surface area contributed by atoms with Crippen molar-refractivity contribution >= 4 is 26.7 Å². The van der Waals surface area contributed by atoms with Gasteiger partial charge in [-0.05, 0) is 36.8 Å². The zero-order valence-electron chi connectivity index (χ0n) is 15.6. The second-order valence-electron chi connectivity index (χ2n) is 6.27. The number of aromatic nitrogens is 3. The predicted octanol–water partition coefficient (Wildman–Crippen LogP) is 2.68. The van der Waals surface area contributed by atoms with E-state index in [2.05, 4.69) is 20.3 Å². The number of pyridine rings is 1. The summed E-state index contributed by atoms with van der Waals surface area (Å²) in [5, 5.41) is 10.2. The highest BCUT2D eigenvalue weighted by Crippen LogP contribution is 2.30. The van der Waals surface area contributed by atoms with Crippen LogP contribution in [0.5, 0.6) is 5.75 Å². The largest absolute Gasteiger partial charge is 0.496 e. The van der Waals surface area contributed by atoms with Gasteiger partial charge in [0.25, 0.3) is 0 Å². The van der Waals surface area contributed by atoms with E-state index >= 15 is 0 Å². The number of benzene rings is 1. The van der Waals surface area contributed by atoms with Crippen molar-refractivity contribution in [2.45, 2.75) is 6.92 Å². The van der Waals surface area contributed by atoms with Gasteiger partial charge >= 0.3 is 0 Å². The van der Waals surface area contributed by atoms with Crippen molar-refractivity contribution in [1.29, 1.82) is 0 Å². The van der Waals surface area contributed by atoms with Crippen LogP contribution in [0.15, 0.2) is 42.7 Å². The number of rotatable bonds is 5. The van der Waals surface area contributed by atoms with Gasteiger partial charge in [-0.2, -0.15) is 0 Å². The Morgan fingerprint density at radius 3 is 2.68 bits per heavy atom. The number of nitrogens with two attached hydrogens (primary N) is 1. The van der Waals surface area contributed by atoms with E-state index in [1.54, 1.807) is 24.3 Å². The number of nitrogens with zero attached hydrogens (tertiary/aromatic N) is 3. The Kier molecular flexibility index (Phi) is 5.57. The lowest BCUT2D eigenvalue weighted by Gasteiger charge is -2.10. The first-order chi connectivity index (χ1) is 13.2. The number of ether oxygens (including phenoxy) is 1. The average Bonchev–Trinajstić information content (AvgIpc) is 2.59. The summed E-state index contributed by atoms with van der Waals surface area (Å²) >= 11 is 0. The van der Waals surface area contributed by atoms with Gasteiger partial charge in [0.1, 0.15) is 29.5 Å². The first kappa shape index (κ1) is 19.7. The third kappa shape index (κ3) is 5.02. The second kappa shape index (κ2) is 7.91. The van der Waals surface area contributed by atoms with Crippen LogP contribution in [0.1, 0.15) is 11.3 Å². The Bertz CT molecular complexity index is 1130. The molecule has 3 N–H and O–H groups in total. The van der Waals surface area contributed by atoms with Crippen molar-refractivity contribution in [2.75, 3.05) is 18.7 Å². The van der Waals surface area contributed by atoms with Crippen molar-refractivity contribution in [2.24, 2.45) is 5.14 Å². The summed E-state index contributed by atoms with van der Waals surface area (Å²) in [7, 11) is -1.07. The number of anilines is 2. The third-order valence-corrected chi connectivity index (χ3v) is 4.45. The number of halogens is 1. The molecule has 28 heavy (non-hydrogen) atoms. The van der Waals surface area contributed by atoms with E-state index in [0.29, 0.717) is 34.2 Å². The fourth-order valence-corrected chi connectivity index (χ4v) is 3.35. The van der Waals surface area contributed by atoms with Crippen LogP contribution in [-0.4, -0.2) is 37.9 Å². The quantitative estimate of drug-likeness (QED) is 0.637. The van der Waals surface area contributed by atoms with Crippen LogP contribution in [0.2, 0.25) is 0 Å². The molecule has 0 saturated heterocycles. The minimum atomic E-state index is -2.54. The molecule has 0 bridgehead atoms. The van der Waals surface area contributed by atoms with Crippen LogP contribution < -0.4 is 15.2 Å². The highest BCUT2D eigenvalue weighted by molar-refractivity contribution is 7.98. The van der Waals surface area contributed by atoms with Crippen LogP contribution in [-0.2, 0) is 9.71 Å². The molecule has 9 heteroatoms. The topological polar surface area (TPSA) is 103 Å². The Morgan fingerprint density at radius 1 is 1.18 bits per heavy atom. The zero-order valence-corrected chi connectivity index (χ0v) is 16.5. The number of hydrogen-bond donors (Lipinski definition) is 2. The molecular weight excluding hydrogens is 381 g/mol. The molecule has 0 amide bonds. The maximum absolute atomic E-state index is 13.4. The normalized spacial score (nSPS) is 12.9. The maximum Gasteiger partial charge on any atom is 0.135 e. The van der Waals surface area contributed by atoms with Gasteiger partial charge in [-0.25, -0.2) is 19.3 Å². The summed E-state index contributed by atoms with van der Waals surface area (Å²) in [5.74, 6) is 0.986. The number of hydrogen-bond acceptors (Lipinski definition) is 6. The Labute approximate surface area is 163 Å². The highest BCUT2D eigenvalue weighted by Gasteiger charge is 2.10. The monoisotopic (exact) mass is 401 g/mol. The van der Waals surface area contributed by atoms with Gasteiger partial charge in [-0.3, -0.25) is 9.35 Å². The highest BCUT2D eigenvalue weighted by atomic mass is 32.2. The summed E-state index contributed by atoms with van der Waals surface area (Å²) in [6.45, 7) is 1.82. The van der Waals surface area contributed by atoms with Gasteiger partial charge in [0.05, 0.1) is 12.8 Å². The molecule has 1 unspecified atom stereocenters. The SMILES string of the molecule is COc1cc(F)ccc1-c1cc(Nc2cc(C=S(C)(N)=O)cc(C)n2)ncn1. The molecule has 7 nitrogen and oxygen atoms in total. The van der Waals surface area contributed by atoms with Crippen molar-refractivity contribution in [3.63, 3.8) is 0 Å². The molecule has 0 radical (unpaired) electrons. The lowest BCUT2D eigenvalue weighted by Crippen LogP contribution is -2.13. The van der Waals surface area contributed by atoms with E-state index in [9.17, 15) is 8.60 Å². The van der Waals surface area contributed by atoms with Crippen molar-refractivity contribution < 1.29 is 13.3 Å². The molecule has 0 fully saturated rings. The number of aryl methyl sites for hydroxylation is 1. The van der Waals surface area contributed by atoms with Gasteiger partial charge in [-0.1, -0.05) is 0 Å². The van der Waals surface area contributed by atoms with E-state index < -0.39 is 15.5 Å². The van der Waals surface area contributed by atoms with Crippen LogP contribution in [0, 0.1) is 12.7 Å². The molecule has 1 aromatic carbocycles. The van der Waals surface area contributed by atoms with Crippen molar-refractivity contribution in [3.05, 3.63) is 59.8 Å². The van der Waals surface area contributed by atoms with Crippen molar-refractivity contribution in [3.8, 4) is 17.0 Å². The van der Waals surface area contributed by atoms with Crippen LogP contribution in [0.4, 0.5) is 16.0 Å². The van der Waals surface area contributed by atoms with E-state index in [-0.39, 0.29) is 0 Å². The van der Waals surface area contributed by atoms with Crippen LogP contribution in [0.3, 0.4) is 0 Å². The summed E-state index contributed by atoms with van der Waals surface area (Å²) < 4.78 is 30.5. The predicted molar refractivity (Wildman–Crippen MR) is 110 cm³/mol. The smallest absolute Gasteiger partial charge is 0.135 e. The molecule has 2 heterocycles. The Hall–Kier alpha value is -3.04. The molecule has 0 saturated carbocycles. The van der Waals surface area contributed by atoms with Gasteiger partial charge < -0.3 is 10.1 Å². The molecular formula is C19H20FN5O2S. The second-order valence-corrected chi connectivity index (χ2v) is 8.44. The van der Waals surface area contributed by atoms with Gasteiger partial charge in [0.15, 0.2) is 0 Å². The minimum absolute atomic E-state index is 0.371. The zero-order chi connectivity index (χ0) is 20.3. The van der Waals surface area contributed by atoms with E-state index in [4.69, 9.17) is 9.88 Å². The van der Waals surface area contributed by atoms with E-state index in [0.717, 1.165) is 5.69 Å². The maximum atomic E-state index is 13.4. The minimum Gasteiger partial charge on any atom is -0.496 e. The number of methoxy groups -OCH3 is 1. The van der Waals surface area contributed by atoms with E-state index in [1.807, 2.05) is 6.92 Å². The van der Waals surface area contributed by atoms with Crippen LogP contribution in [0.25, 0.3) is 11.3 Å². The lowest BCUT2D eigenvalue weighted by molar-refractivity contribution is 0.413. The third-order valence-electron chi connectivity index (χ3n) is 3.71. The van der Waals surface area contributed by atoms with Crippen molar-refractivity contribution in [1.82, 2.24) is 15.0 Å². The number of nitrogens with one attached hydrogen (secondary N) is 1. The average molecular weight is 401 g/mol. The van der Waals surface area contributed by atoms with E-state index in [1.165, 1.54) is 37.2 Å². The molecule has 3 aromatic rings. The summed E-state index contributed by atoms with van der Waals surface area (Å²) in [6, 6.07) is 9.45. The molecule has 2 aromatic heterocycles. The Balaban J connectivity index is 1.95. The summed E-state index contributed by atoms with van der Waals surface area (Å²) in [6.07, 6.45) is 2.85. The first-order valence-corrected chi connectivity index (χ1v) is 10.4. The molecule has 146 valence electrons. The first-order valence-electron chi connectivity index (χ1n) is 8.27. The Morgan fingerprint density at radius 2 is 1.96 bits per heavy atom. The fourth-order valence-electron chi connectivity index (χ4n) is 2.68. The molecule has 0 aliphatic carbocycles. The lowest BCUT2D eigenvalue weighted by atomic mass is 10.1. The standard InChI is InChI=1S/C19H20FN5O2S/c1-12-6-13(10-28(3,21)26)7-19(24-12)25-18-9-16(22-11-23-18)15-5-4-14(20)8-17(15)27-2/h4-11H,1-3H3,(H2,21,26)(H,22,23,24,25). The summed E-state index contributed by atoms with van der Waals surface area (Å²) in [5.41, 5.74) is 2.62. The van der Waals surface area contributed by atoms with Gasteiger partial charge in [0, 0.05) is 44.7 Å². The fraction of sp³-hybridized carbons (Fsp3) is 0.158. The molecule has 1 atom stereocenters. The van der Waals surface area contributed by atoms with Gasteiger partial charge in [-0.15, -0.1) is 0 Å². The molecule has 0 aliphatic heterocycles.